The van der Waals surface area contributed by atoms with Gasteiger partial charge in [0.1, 0.15) is 11.4 Å². The number of pyridine rings is 1. The van der Waals surface area contributed by atoms with Gasteiger partial charge in [-0.25, -0.2) is 5.26 Å². The lowest BCUT2D eigenvalue weighted by Crippen LogP contribution is -2.22. The minimum Gasteiger partial charge on any atom is -0.494 e. The molecule has 0 atom stereocenters. The Balaban J connectivity index is 1.71. The Bertz CT molecular complexity index is 2130. The largest absolute Gasteiger partial charge is 0.494 e. The molecule has 2 aromatic carbocycles. The third-order valence-corrected chi connectivity index (χ3v) is 8.37. The Labute approximate surface area is 274 Å². The molecule has 0 fully saturated rings. The Morgan fingerprint density at radius 2 is 1.66 bits per heavy atom. The summed E-state index contributed by atoms with van der Waals surface area (Å²) in [6.45, 7) is 2.78. The van der Waals surface area contributed by atoms with E-state index in [2.05, 4.69) is 45.2 Å². The molecule has 23 heteroatoms. The van der Waals surface area contributed by atoms with Crippen LogP contribution in [0.3, 0.4) is 0 Å². The molecule has 0 aliphatic carbocycles. The number of aromatic hydroxyl groups is 1. The molecule has 0 aliphatic rings. The van der Waals surface area contributed by atoms with Crippen LogP contribution in [0, 0.1) is 6.92 Å². The first-order valence-electron chi connectivity index (χ1n) is 12.7. The quantitative estimate of drug-likeness (QED) is 0.0358. The monoisotopic (exact) mass is 730 g/mol. The number of hydrogen-bond donors (Lipinski definition) is 6. The van der Waals surface area contributed by atoms with Crippen LogP contribution < -0.4 is 16.2 Å². The predicted molar refractivity (Wildman–Crippen MR) is 167 cm³/mol. The molecular formula is C24H23ClN8O11S3. The van der Waals surface area contributed by atoms with Crippen LogP contribution in [-0.4, -0.2) is 55.8 Å². The summed E-state index contributed by atoms with van der Waals surface area (Å²) in [5, 5.41) is 36.2. The molecule has 47 heavy (non-hydrogen) atoms. The molecule has 0 aliphatic heterocycles. The van der Waals surface area contributed by atoms with Crippen molar-refractivity contribution in [3.8, 4) is 5.88 Å². The minimum atomic E-state index is -4.61. The van der Waals surface area contributed by atoms with E-state index in [-0.39, 0.29) is 67.4 Å². The third-order valence-electron chi connectivity index (χ3n) is 6.05. The zero-order valence-corrected chi connectivity index (χ0v) is 27.1. The highest BCUT2D eigenvalue weighted by Gasteiger charge is 2.22. The summed E-state index contributed by atoms with van der Waals surface area (Å²) < 4.78 is 70.2. The molecule has 4 rings (SSSR count). The molecular weight excluding hydrogens is 708 g/mol. The van der Waals surface area contributed by atoms with Crippen LogP contribution in [0.5, 0.6) is 5.88 Å². The third kappa shape index (κ3) is 9.18. The molecule has 0 unspecified atom stereocenters. The normalized spacial score (nSPS) is 12.0. The van der Waals surface area contributed by atoms with Crippen LogP contribution in [0.4, 0.5) is 34.6 Å². The Kier molecular flexibility index (Phi) is 11.1. The summed E-state index contributed by atoms with van der Waals surface area (Å²) in [5.41, 5.74) is -0.959. The smallest absolute Gasteiger partial charge is 0.294 e. The van der Waals surface area contributed by atoms with E-state index in [4.69, 9.17) is 16.9 Å². The second kappa shape index (κ2) is 14.7. The van der Waals surface area contributed by atoms with Crippen LogP contribution in [0.1, 0.15) is 18.1 Å². The Hall–Kier alpha value is -4.26. The molecule has 0 saturated carbocycles. The van der Waals surface area contributed by atoms with Gasteiger partial charge in [0.2, 0.25) is 17.2 Å². The van der Waals surface area contributed by atoms with Crippen molar-refractivity contribution in [2.45, 2.75) is 35.9 Å². The SMILES string of the molecule is CCn1c(O)c(CS(=O)(=O)O)c(C)c(N=Nc2cc(Nc3nc(Cl)nc(Nc4cccc(S(=O)(=O)O)c4)n3)ccc2SOOO)c1=O. The van der Waals surface area contributed by atoms with Crippen molar-refractivity contribution in [3.63, 3.8) is 0 Å². The molecule has 250 valence electrons. The van der Waals surface area contributed by atoms with Gasteiger partial charge in [0.25, 0.3) is 25.8 Å². The standard InChI is InChI=1S/C24H23ClN8O11S3/c1-3-33-20(34)16(11-46(37,38)39)12(2)19(21(33)35)32-31-17-10-14(7-8-18(17)45-44-43-36)27-24-29-22(25)28-23(30-24)26-13-5-4-6-15(9-13)47(40,41)42/h4-10,34,36H,3,11H2,1-2H3,(H,37,38,39)(H,40,41,42)(H2,26,27,28,29,30). The number of benzene rings is 2. The highest BCUT2D eigenvalue weighted by atomic mass is 35.5. The number of aromatic nitrogens is 4. The molecule has 2 aromatic heterocycles. The van der Waals surface area contributed by atoms with E-state index in [0.717, 1.165) is 10.6 Å². The van der Waals surface area contributed by atoms with Gasteiger partial charge >= 0.3 is 0 Å². The fraction of sp³-hybridized carbons (Fsp3) is 0.167. The van der Waals surface area contributed by atoms with Crippen molar-refractivity contribution in [3.05, 3.63) is 69.2 Å². The highest BCUT2D eigenvalue weighted by molar-refractivity contribution is 7.94. The molecule has 0 amide bonds. The van der Waals surface area contributed by atoms with Crippen LogP contribution in [0.2, 0.25) is 5.28 Å². The summed E-state index contributed by atoms with van der Waals surface area (Å²) in [6.07, 6.45) is 0. The number of nitrogens with zero attached hydrogens (tertiary/aromatic N) is 6. The van der Waals surface area contributed by atoms with E-state index >= 15 is 0 Å². The number of anilines is 4. The number of hydrogen-bond acceptors (Lipinski definition) is 17. The minimum absolute atomic E-state index is 0.0174. The van der Waals surface area contributed by atoms with E-state index in [1.165, 1.54) is 50.2 Å². The van der Waals surface area contributed by atoms with Crippen LogP contribution in [0.25, 0.3) is 0 Å². The fourth-order valence-corrected chi connectivity index (χ4v) is 5.79. The van der Waals surface area contributed by atoms with Crippen molar-refractivity contribution in [2.75, 3.05) is 10.6 Å². The van der Waals surface area contributed by atoms with Crippen molar-refractivity contribution >= 4 is 78.5 Å². The van der Waals surface area contributed by atoms with E-state index in [0.29, 0.717) is 12.0 Å². The van der Waals surface area contributed by atoms with Gasteiger partial charge in [0.05, 0.1) is 21.8 Å². The van der Waals surface area contributed by atoms with Gasteiger partial charge in [-0.3, -0.25) is 18.5 Å². The summed E-state index contributed by atoms with van der Waals surface area (Å²) >= 11 is 6.58. The lowest BCUT2D eigenvalue weighted by molar-refractivity contribution is -0.432. The average molecular weight is 731 g/mol. The molecule has 0 bridgehead atoms. The number of nitrogens with one attached hydrogen (secondary N) is 2. The van der Waals surface area contributed by atoms with Crippen LogP contribution in [0.15, 0.2) is 67.3 Å². The van der Waals surface area contributed by atoms with Crippen LogP contribution in [-0.2, 0) is 41.9 Å². The zero-order chi connectivity index (χ0) is 34.5. The van der Waals surface area contributed by atoms with Gasteiger partial charge in [-0.2, -0.15) is 31.8 Å². The second-order valence-electron chi connectivity index (χ2n) is 9.16. The fourth-order valence-electron chi connectivity index (χ4n) is 3.98. The maximum atomic E-state index is 13.1. The number of rotatable bonds is 13. The Morgan fingerprint density at radius 1 is 1.00 bits per heavy atom. The van der Waals surface area contributed by atoms with Gasteiger partial charge in [-0.15, -0.1) is 14.6 Å². The first kappa shape index (κ1) is 35.6. The van der Waals surface area contributed by atoms with Crippen molar-refractivity contribution < 1.29 is 45.7 Å². The first-order valence-corrected chi connectivity index (χ1v) is 16.9. The van der Waals surface area contributed by atoms with E-state index in [1.807, 2.05) is 0 Å². The van der Waals surface area contributed by atoms with Crippen molar-refractivity contribution in [1.29, 1.82) is 0 Å². The Morgan fingerprint density at radius 3 is 2.26 bits per heavy atom. The van der Waals surface area contributed by atoms with Crippen LogP contribution >= 0.6 is 23.6 Å². The van der Waals surface area contributed by atoms with Gasteiger partial charge in [0.15, 0.2) is 11.6 Å². The highest BCUT2D eigenvalue weighted by Crippen LogP contribution is 2.36. The summed E-state index contributed by atoms with van der Waals surface area (Å²) in [7, 11) is -9.08. The second-order valence-corrected chi connectivity index (χ2v) is 13.1. The lowest BCUT2D eigenvalue weighted by atomic mass is 10.1. The molecule has 0 saturated heterocycles. The number of halogens is 1. The molecule has 0 spiro atoms. The van der Waals surface area contributed by atoms with Gasteiger partial charge in [-0.05, 0) is 67.4 Å². The number of azo groups is 1. The molecule has 19 nitrogen and oxygen atoms in total. The topological polar surface area (TPSA) is 277 Å². The summed E-state index contributed by atoms with van der Waals surface area (Å²) in [5.74, 6) is -1.84. The van der Waals surface area contributed by atoms with E-state index in [9.17, 15) is 35.8 Å². The van der Waals surface area contributed by atoms with E-state index < -0.39 is 37.4 Å². The molecule has 2 heterocycles. The molecule has 6 N–H and O–H groups in total. The summed E-state index contributed by atoms with van der Waals surface area (Å²) in [6, 6.07) is 9.53. The maximum absolute atomic E-state index is 13.1. The average Bonchev–Trinajstić information content (AvgIpc) is 2.98. The zero-order valence-electron chi connectivity index (χ0n) is 23.9. The maximum Gasteiger partial charge on any atom is 0.294 e. The van der Waals surface area contributed by atoms with Crippen molar-refractivity contribution in [2.24, 2.45) is 10.2 Å². The predicted octanol–water partition coefficient (Wildman–Crippen LogP) is 4.69. The van der Waals surface area contributed by atoms with Gasteiger partial charge < -0.3 is 15.7 Å². The van der Waals surface area contributed by atoms with Crippen molar-refractivity contribution in [1.82, 2.24) is 19.5 Å². The van der Waals surface area contributed by atoms with Gasteiger partial charge in [-0.1, -0.05) is 11.1 Å². The van der Waals surface area contributed by atoms with Gasteiger partial charge in [0, 0.05) is 23.5 Å². The first-order chi connectivity index (χ1) is 22.1. The summed E-state index contributed by atoms with van der Waals surface area (Å²) in [4.78, 5) is 25.0. The lowest BCUT2D eigenvalue weighted by Gasteiger charge is -2.14. The molecule has 0 radical (unpaired) electrons. The van der Waals surface area contributed by atoms with E-state index in [1.54, 1.807) is 0 Å². The molecule has 4 aromatic rings.